The van der Waals surface area contributed by atoms with Crippen molar-refractivity contribution in [1.82, 2.24) is 4.98 Å². The molecule has 24 heavy (non-hydrogen) atoms. The van der Waals surface area contributed by atoms with Crippen molar-refractivity contribution in [3.63, 3.8) is 0 Å². The number of hydrogen-bond acceptors (Lipinski definition) is 4. The number of rotatable bonds is 5. The van der Waals surface area contributed by atoms with E-state index in [1.165, 1.54) is 21.3 Å². The molecule has 2 N–H and O–H groups in total. The molecule has 0 aliphatic heterocycles. The topological polar surface area (TPSA) is 72.6 Å². The molecule has 0 unspecified atom stereocenters. The van der Waals surface area contributed by atoms with Crippen molar-refractivity contribution < 1.29 is 19.0 Å². The summed E-state index contributed by atoms with van der Waals surface area (Å²) in [6, 6.07) is 11.0. The number of ether oxygens (including phenoxy) is 3. The van der Waals surface area contributed by atoms with Crippen LogP contribution in [0.25, 0.3) is 10.9 Å². The first-order chi connectivity index (χ1) is 11.7. The molecule has 0 saturated heterocycles. The predicted octanol–water partition coefficient (Wildman–Crippen LogP) is 3.45. The molecular weight excluding hydrogens is 308 g/mol. The van der Waals surface area contributed by atoms with Gasteiger partial charge in [0.1, 0.15) is 0 Å². The third-order valence-electron chi connectivity index (χ3n) is 3.76. The molecule has 1 heterocycles. The molecule has 3 aromatic rings. The van der Waals surface area contributed by atoms with E-state index in [-0.39, 0.29) is 5.91 Å². The summed E-state index contributed by atoms with van der Waals surface area (Å²) < 4.78 is 15.9. The second-order valence-corrected chi connectivity index (χ2v) is 5.12. The van der Waals surface area contributed by atoms with Gasteiger partial charge in [0.25, 0.3) is 5.91 Å². The molecule has 0 spiro atoms. The Morgan fingerprint density at radius 1 is 1.00 bits per heavy atom. The SMILES string of the molecule is COc1cc(NC(=O)c2c[nH]c3ccccc23)cc(OC)c1OC. The first-order valence-electron chi connectivity index (χ1n) is 7.35. The number of aromatic amines is 1. The number of methoxy groups -OCH3 is 3. The zero-order chi connectivity index (χ0) is 17.1. The Kier molecular flexibility index (Phi) is 4.29. The molecule has 3 rings (SSSR count). The lowest BCUT2D eigenvalue weighted by molar-refractivity contribution is 0.102. The summed E-state index contributed by atoms with van der Waals surface area (Å²) >= 11 is 0. The molecule has 0 bridgehead atoms. The number of H-pyrrole nitrogens is 1. The molecule has 0 atom stereocenters. The van der Waals surface area contributed by atoms with E-state index < -0.39 is 0 Å². The standard InChI is InChI=1S/C18H18N2O4/c1-22-15-8-11(9-16(23-2)17(15)24-3)20-18(21)13-10-19-14-7-5-4-6-12(13)14/h4-10,19H,1-3H3,(H,20,21). The largest absolute Gasteiger partial charge is 0.493 e. The van der Waals surface area contributed by atoms with Gasteiger partial charge in [-0.1, -0.05) is 18.2 Å². The maximum atomic E-state index is 12.6. The Balaban J connectivity index is 1.94. The number of amides is 1. The molecule has 0 aliphatic rings. The van der Waals surface area contributed by atoms with Crippen LogP contribution in [0.2, 0.25) is 0 Å². The number of carbonyl (C=O) groups is 1. The van der Waals surface area contributed by atoms with Crippen molar-refractivity contribution in [2.24, 2.45) is 0 Å². The van der Waals surface area contributed by atoms with Gasteiger partial charge in [-0.3, -0.25) is 4.79 Å². The first-order valence-corrected chi connectivity index (χ1v) is 7.35. The number of fused-ring (bicyclic) bond motifs is 1. The third-order valence-corrected chi connectivity index (χ3v) is 3.76. The lowest BCUT2D eigenvalue weighted by Crippen LogP contribution is -2.11. The number of anilines is 1. The number of aromatic nitrogens is 1. The van der Waals surface area contributed by atoms with Gasteiger partial charge in [-0.25, -0.2) is 0 Å². The number of carbonyl (C=O) groups excluding carboxylic acids is 1. The van der Waals surface area contributed by atoms with Crippen LogP contribution in [0.5, 0.6) is 17.2 Å². The van der Waals surface area contributed by atoms with Crippen molar-refractivity contribution in [3.8, 4) is 17.2 Å². The molecule has 0 aliphatic carbocycles. The van der Waals surface area contributed by atoms with E-state index in [9.17, 15) is 4.79 Å². The van der Waals surface area contributed by atoms with Gasteiger partial charge in [0, 0.05) is 34.9 Å². The summed E-state index contributed by atoms with van der Waals surface area (Å²) in [5, 5.41) is 3.73. The summed E-state index contributed by atoms with van der Waals surface area (Å²) in [5.74, 6) is 1.21. The predicted molar refractivity (Wildman–Crippen MR) is 92.3 cm³/mol. The lowest BCUT2D eigenvalue weighted by Gasteiger charge is -2.14. The minimum Gasteiger partial charge on any atom is -0.493 e. The molecular formula is C18H18N2O4. The van der Waals surface area contributed by atoms with Crippen LogP contribution in [0.15, 0.2) is 42.6 Å². The average Bonchev–Trinajstić information content (AvgIpc) is 3.05. The molecule has 6 nitrogen and oxygen atoms in total. The minimum atomic E-state index is -0.221. The zero-order valence-corrected chi connectivity index (χ0v) is 13.7. The van der Waals surface area contributed by atoms with Crippen molar-refractivity contribution in [1.29, 1.82) is 0 Å². The fourth-order valence-electron chi connectivity index (χ4n) is 2.61. The Bertz CT molecular complexity index is 861. The summed E-state index contributed by atoms with van der Waals surface area (Å²) in [7, 11) is 4.59. The summed E-state index contributed by atoms with van der Waals surface area (Å²) in [4.78, 5) is 15.7. The van der Waals surface area contributed by atoms with E-state index in [0.717, 1.165) is 10.9 Å². The fourth-order valence-corrected chi connectivity index (χ4v) is 2.61. The molecule has 6 heteroatoms. The molecule has 1 aromatic heterocycles. The van der Waals surface area contributed by atoms with Crippen LogP contribution in [-0.4, -0.2) is 32.2 Å². The highest BCUT2D eigenvalue weighted by molar-refractivity contribution is 6.12. The second kappa shape index (κ2) is 6.54. The maximum absolute atomic E-state index is 12.6. The normalized spacial score (nSPS) is 10.5. The van der Waals surface area contributed by atoms with Crippen molar-refractivity contribution in [3.05, 3.63) is 48.2 Å². The highest BCUT2D eigenvalue weighted by atomic mass is 16.5. The zero-order valence-electron chi connectivity index (χ0n) is 13.7. The third kappa shape index (κ3) is 2.74. The van der Waals surface area contributed by atoms with E-state index in [4.69, 9.17) is 14.2 Å². The average molecular weight is 326 g/mol. The number of benzene rings is 2. The van der Waals surface area contributed by atoms with Crippen LogP contribution >= 0.6 is 0 Å². The highest BCUT2D eigenvalue weighted by Crippen LogP contribution is 2.40. The molecule has 2 aromatic carbocycles. The smallest absolute Gasteiger partial charge is 0.257 e. The van der Waals surface area contributed by atoms with Gasteiger partial charge in [0.05, 0.1) is 26.9 Å². The van der Waals surface area contributed by atoms with Crippen molar-refractivity contribution in [2.75, 3.05) is 26.6 Å². The summed E-state index contributed by atoms with van der Waals surface area (Å²) in [6.07, 6.45) is 1.69. The number of nitrogens with one attached hydrogen (secondary N) is 2. The Morgan fingerprint density at radius 3 is 2.29 bits per heavy atom. The van der Waals surface area contributed by atoms with Gasteiger partial charge >= 0.3 is 0 Å². The van der Waals surface area contributed by atoms with Gasteiger partial charge in [0.2, 0.25) is 5.75 Å². The highest BCUT2D eigenvalue weighted by Gasteiger charge is 2.16. The Hall–Kier alpha value is -3.15. The van der Waals surface area contributed by atoms with E-state index in [1.807, 2.05) is 24.3 Å². The first kappa shape index (κ1) is 15.7. The van der Waals surface area contributed by atoms with Gasteiger partial charge < -0.3 is 24.5 Å². The number of para-hydroxylation sites is 1. The van der Waals surface area contributed by atoms with E-state index in [2.05, 4.69) is 10.3 Å². The van der Waals surface area contributed by atoms with Gasteiger partial charge in [-0.15, -0.1) is 0 Å². The van der Waals surface area contributed by atoms with Crippen LogP contribution in [0.4, 0.5) is 5.69 Å². The monoisotopic (exact) mass is 326 g/mol. The van der Waals surface area contributed by atoms with Crippen LogP contribution in [-0.2, 0) is 0 Å². The Labute approximate surface area is 139 Å². The van der Waals surface area contributed by atoms with Crippen molar-refractivity contribution >= 4 is 22.5 Å². The Morgan fingerprint density at radius 2 is 1.67 bits per heavy atom. The molecule has 0 fully saturated rings. The minimum absolute atomic E-state index is 0.221. The fraction of sp³-hybridized carbons (Fsp3) is 0.167. The van der Waals surface area contributed by atoms with Gasteiger partial charge in [-0.05, 0) is 6.07 Å². The number of hydrogen-bond donors (Lipinski definition) is 2. The molecule has 124 valence electrons. The van der Waals surface area contributed by atoms with Gasteiger partial charge in [0.15, 0.2) is 11.5 Å². The molecule has 1 amide bonds. The van der Waals surface area contributed by atoms with Crippen LogP contribution in [0.3, 0.4) is 0 Å². The van der Waals surface area contributed by atoms with Crippen LogP contribution in [0.1, 0.15) is 10.4 Å². The van der Waals surface area contributed by atoms with E-state index in [1.54, 1.807) is 18.3 Å². The van der Waals surface area contributed by atoms with Crippen LogP contribution < -0.4 is 19.5 Å². The summed E-state index contributed by atoms with van der Waals surface area (Å²) in [5.41, 5.74) is 2.03. The maximum Gasteiger partial charge on any atom is 0.257 e. The summed E-state index contributed by atoms with van der Waals surface area (Å²) in [6.45, 7) is 0. The quantitative estimate of drug-likeness (QED) is 0.753. The van der Waals surface area contributed by atoms with Crippen molar-refractivity contribution in [2.45, 2.75) is 0 Å². The van der Waals surface area contributed by atoms with Gasteiger partial charge in [-0.2, -0.15) is 0 Å². The lowest BCUT2D eigenvalue weighted by atomic mass is 10.1. The van der Waals surface area contributed by atoms with Crippen LogP contribution in [0, 0.1) is 0 Å². The molecule has 0 saturated carbocycles. The second-order valence-electron chi connectivity index (χ2n) is 5.12. The van der Waals surface area contributed by atoms with E-state index >= 15 is 0 Å². The molecule has 0 radical (unpaired) electrons. The van der Waals surface area contributed by atoms with E-state index in [0.29, 0.717) is 28.5 Å².